The minimum Gasteiger partial charge on any atom is -0.497 e. The molecule has 1 aliphatic rings. The molecule has 166 valence electrons. The summed E-state index contributed by atoms with van der Waals surface area (Å²) in [7, 11) is 3.18. The second kappa shape index (κ2) is 11.3. The molecule has 1 saturated heterocycles. The van der Waals surface area contributed by atoms with Crippen molar-refractivity contribution in [3.8, 4) is 23.8 Å². The quantitative estimate of drug-likeness (QED) is 0.372. The molecule has 32 heavy (non-hydrogen) atoms. The van der Waals surface area contributed by atoms with E-state index in [1.54, 1.807) is 37.3 Å². The van der Waals surface area contributed by atoms with Crippen LogP contribution in [0.15, 0.2) is 46.3 Å². The fraction of sp³-hybridized carbons (Fsp3) is 0.217. The second-order valence-electron chi connectivity index (χ2n) is 6.46. The number of methoxy groups -OCH3 is 2. The van der Waals surface area contributed by atoms with Crippen molar-refractivity contribution in [2.75, 3.05) is 34.0 Å². The maximum Gasteiger partial charge on any atom is 0.266 e. The van der Waals surface area contributed by atoms with E-state index in [9.17, 15) is 4.79 Å². The van der Waals surface area contributed by atoms with E-state index in [0.717, 1.165) is 5.75 Å². The van der Waals surface area contributed by atoms with Crippen molar-refractivity contribution in [3.05, 3.63) is 56.9 Å². The summed E-state index contributed by atoms with van der Waals surface area (Å²) in [5.74, 6) is 3.22. The van der Waals surface area contributed by atoms with E-state index in [1.807, 2.05) is 24.3 Å². The number of carbonyl (C=O) groups is 1. The van der Waals surface area contributed by atoms with Gasteiger partial charge >= 0.3 is 0 Å². The van der Waals surface area contributed by atoms with Crippen molar-refractivity contribution >= 4 is 57.8 Å². The molecule has 0 atom stereocenters. The highest BCUT2D eigenvalue weighted by Gasteiger charge is 2.33. The molecule has 1 heterocycles. The van der Waals surface area contributed by atoms with Gasteiger partial charge in [-0.05, 0) is 59.8 Å². The molecule has 0 unspecified atom stereocenters. The summed E-state index contributed by atoms with van der Waals surface area (Å²) in [4.78, 5) is 19.8. The highest BCUT2D eigenvalue weighted by molar-refractivity contribution is 8.18. The van der Waals surface area contributed by atoms with Crippen LogP contribution >= 0.6 is 35.0 Å². The molecule has 0 radical (unpaired) electrons. The number of terminal acetylenes is 1. The molecule has 0 spiro atoms. The Morgan fingerprint density at radius 1 is 1.19 bits per heavy atom. The highest BCUT2D eigenvalue weighted by atomic mass is 35.5. The van der Waals surface area contributed by atoms with E-state index in [1.165, 1.54) is 11.8 Å². The zero-order valence-corrected chi connectivity index (χ0v) is 19.8. The first-order valence-corrected chi connectivity index (χ1v) is 11.0. The maximum atomic E-state index is 13.1. The molecule has 9 heteroatoms. The lowest BCUT2D eigenvalue weighted by molar-refractivity contribution is -0.122. The van der Waals surface area contributed by atoms with Gasteiger partial charge in [0.15, 0.2) is 10.9 Å². The van der Waals surface area contributed by atoms with Gasteiger partial charge in [0.2, 0.25) is 0 Å². The lowest BCUT2D eigenvalue weighted by Gasteiger charge is -2.14. The number of hydrogen-bond acceptors (Lipinski definition) is 6. The molecule has 0 saturated carbocycles. The van der Waals surface area contributed by atoms with E-state index < -0.39 is 0 Å². The smallest absolute Gasteiger partial charge is 0.266 e. The normalized spacial score (nSPS) is 16.0. The molecule has 2 aromatic carbocycles. The number of thioether (sulfide) groups is 1. The standard InChI is InChI=1S/C23H20Cl2N2O4S/c1-4-10-31-21-18(24)12-15(13-19(21)25)14-20-22(28)27(9-11-29-2)23(32-20)26-16-5-7-17(30-3)8-6-16/h1,5-8,12-14H,9-11H2,2-3H3/b20-14-,26-23?. The third kappa shape index (κ3) is 5.78. The lowest BCUT2D eigenvalue weighted by atomic mass is 10.2. The Kier molecular flexibility index (Phi) is 8.48. The lowest BCUT2D eigenvalue weighted by Crippen LogP contribution is -2.32. The van der Waals surface area contributed by atoms with Crippen molar-refractivity contribution in [1.82, 2.24) is 4.90 Å². The Labute approximate surface area is 201 Å². The average molecular weight is 491 g/mol. The topological polar surface area (TPSA) is 60.4 Å². The van der Waals surface area contributed by atoms with Gasteiger partial charge in [-0.2, -0.15) is 0 Å². The number of amides is 1. The number of ether oxygens (including phenoxy) is 3. The van der Waals surface area contributed by atoms with Crippen molar-refractivity contribution < 1.29 is 19.0 Å². The Balaban J connectivity index is 1.91. The summed E-state index contributed by atoms with van der Waals surface area (Å²) in [6.07, 6.45) is 6.93. The van der Waals surface area contributed by atoms with Crippen molar-refractivity contribution in [1.29, 1.82) is 0 Å². The summed E-state index contributed by atoms with van der Waals surface area (Å²) < 4.78 is 15.7. The van der Waals surface area contributed by atoms with Crippen LogP contribution in [0.1, 0.15) is 5.56 Å². The van der Waals surface area contributed by atoms with Crippen LogP contribution in [-0.2, 0) is 9.53 Å². The first-order chi connectivity index (χ1) is 15.5. The van der Waals surface area contributed by atoms with Gasteiger partial charge in [0.1, 0.15) is 12.4 Å². The fourth-order valence-electron chi connectivity index (χ4n) is 2.80. The zero-order valence-electron chi connectivity index (χ0n) is 17.4. The van der Waals surface area contributed by atoms with Crippen LogP contribution in [0.2, 0.25) is 10.0 Å². The van der Waals surface area contributed by atoms with E-state index in [-0.39, 0.29) is 12.5 Å². The number of benzene rings is 2. The van der Waals surface area contributed by atoms with E-state index in [2.05, 4.69) is 10.9 Å². The van der Waals surface area contributed by atoms with Crippen LogP contribution in [0.4, 0.5) is 5.69 Å². The van der Waals surface area contributed by atoms with Gasteiger partial charge in [0.25, 0.3) is 5.91 Å². The fourth-order valence-corrected chi connectivity index (χ4v) is 4.44. The summed E-state index contributed by atoms with van der Waals surface area (Å²) in [6.45, 7) is 0.795. The summed E-state index contributed by atoms with van der Waals surface area (Å²) in [5.41, 5.74) is 1.35. The van der Waals surface area contributed by atoms with E-state index in [0.29, 0.717) is 50.3 Å². The number of amidine groups is 1. The number of halogens is 2. The molecule has 3 rings (SSSR count). The van der Waals surface area contributed by atoms with Crippen molar-refractivity contribution in [3.63, 3.8) is 0 Å². The first-order valence-electron chi connectivity index (χ1n) is 9.45. The number of aliphatic imine (C=N–C) groups is 1. The number of nitrogens with zero attached hydrogens (tertiary/aromatic N) is 2. The largest absolute Gasteiger partial charge is 0.497 e. The van der Waals surface area contributed by atoms with E-state index >= 15 is 0 Å². The Hall–Kier alpha value is -2.63. The molecule has 1 fully saturated rings. The van der Waals surface area contributed by atoms with Gasteiger partial charge in [0.05, 0.1) is 40.9 Å². The second-order valence-corrected chi connectivity index (χ2v) is 8.28. The zero-order chi connectivity index (χ0) is 23.1. The van der Waals surface area contributed by atoms with E-state index in [4.69, 9.17) is 43.8 Å². The SMILES string of the molecule is C#CCOc1c(Cl)cc(/C=C2\SC(=Nc3ccc(OC)cc3)N(CCOC)C2=O)cc1Cl. The van der Waals surface area contributed by atoms with Crippen LogP contribution in [0.25, 0.3) is 6.08 Å². The van der Waals surface area contributed by atoms with Crippen LogP contribution in [0, 0.1) is 12.3 Å². The first kappa shape index (κ1) is 24.0. The molecule has 0 N–H and O–H groups in total. The summed E-state index contributed by atoms with van der Waals surface area (Å²) in [6, 6.07) is 10.6. The molecule has 0 aromatic heterocycles. The summed E-state index contributed by atoms with van der Waals surface area (Å²) >= 11 is 13.8. The third-order valence-corrected chi connectivity index (χ3v) is 5.89. The van der Waals surface area contributed by atoms with Gasteiger partial charge in [-0.25, -0.2) is 4.99 Å². The number of rotatable bonds is 8. The minimum atomic E-state index is -0.181. The minimum absolute atomic E-state index is 0.0495. The Morgan fingerprint density at radius 3 is 2.47 bits per heavy atom. The van der Waals surface area contributed by atoms with Crippen LogP contribution < -0.4 is 9.47 Å². The molecule has 0 bridgehead atoms. The predicted octanol–water partition coefficient (Wildman–Crippen LogP) is 5.26. The monoisotopic (exact) mass is 490 g/mol. The van der Waals surface area contributed by atoms with Gasteiger partial charge in [0, 0.05) is 7.11 Å². The molecule has 1 aliphatic heterocycles. The Morgan fingerprint density at radius 2 is 1.88 bits per heavy atom. The average Bonchev–Trinajstić information content (AvgIpc) is 3.06. The predicted molar refractivity (Wildman–Crippen MR) is 130 cm³/mol. The molecule has 2 aromatic rings. The number of carbonyl (C=O) groups excluding carboxylic acids is 1. The maximum absolute atomic E-state index is 13.1. The molecular weight excluding hydrogens is 471 g/mol. The van der Waals surface area contributed by atoms with Crippen LogP contribution in [-0.4, -0.2) is 50.0 Å². The highest BCUT2D eigenvalue weighted by Crippen LogP contribution is 2.38. The third-order valence-electron chi connectivity index (χ3n) is 4.32. The van der Waals surface area contributed by atoms with Gasteiger partial charge < -0.3 is 14.2 Å². The van der Waals surface area contributed by atoms with Gasteiger partial charge in [-0.3, -0.25) is 9.69 Å². The van der Waals surface area contributed by atoms with Crippen molar-refractivity contribution in [2.24, 2.45) is 4.99 Å². The van der Waals surface area contributed by atoms with Gasteiger partial charge in [-0.1, -0.05) is 29.1 Å². The Bertz CT molecular complexity index is 1070. The van der Waals surface area contributed by atoms with Gasteiger partial charge in [-0.15, -0.1) is 6.42 Å². The molecule has 1 amide bonds. The molecule has 0 aliphatic carbocycles. The summed E-state index contributed by atoms with van der Waals surface area (Å²) in [5, 5.41) is 1.16. The molecular formula is C23H20Cl2N2O4S. The number of hydrogen-bond donors (Lipinski definition) is 0. The van der Waals surface area contributed by atoms with Crippen LogP contribution in [0.3, 0.4) is 0 Å². The molecule has 6 nitrogen and oxygen atoms in total. The van der Waals surface area contributed by atoms with Crippen LogP contribution in [0.5, 0.6) is 11.5 Å². The van der Waals surface area contributed by atoms with Crippen molar-refractivity contribution in [2.45, 2.75) is 0 Å².